The van der Waals surface area contributed by atoms with E-state index >= 15 is 0 Å². The number of nitro benzene ring substituents is 2. The van der Waals surface area contributed by atoms with Crippen molar-refractivity contribution in [3.05, 3.63) is 122 Å². The Labute approximate surface area is 168 Å². The van der Waals surface area contributed by atoms with Gasteiger partial charge in [0, 0.05) is 17.5 Å². The molecule has 146 valence electrons. The monoisotopic (exact) mass is 388 g/mol. The van der Waals surface area contributed by atoms with Gasteiger partial charge in [-0.3, -0.25) is 20.2 Å². The van der Waals surface area contributed by atoms with E-state index in [-0.39, 0.29) is 23.2 Å². The van der Waals surface area contributed by atoms with E-state index in [4.69, 9.17) is 0 Å². The second-order valence-electron chi connectivity index (χ2n) is 6.75. The SMILES string of the molecule is CC(c1ccc([N+](=O)[O-])cc1[N+](=O)[O-])C(/C=C/c1ccccc1)c1ccccc1. The minimum Gasteiger partial charge on any atom is -0.258 e. The van der Waals surface area contributed by atoms with E-state index in [1.54, 1.807) is 0 Å². The van der Waals surface area contributed by atoms with Crippen LogP contribution in [0.15, 0.2) is 84.9 Å². The first kappa shape index (κ1) is 19.9. The molecular formula is C23H20N2O4. The van der Waals surface area contributed by atoms with Crippen LogP contribution in [0.2, 0.25) is 0 Å². The third-order valence-corrected chi connectivity index (χ3v) is 4.93. The Morgan fingerprint density at radius 2 is 1.45 bits per heavy atom. The van der Waals surface area contributed by atoms with Gasteiger partial charge in [0.05, 0.1) is 15.9 Å². The molecule has 2 atom stereocenters. The van der Waals surface area contributed by atoms with Crippen molar-refractivity contribution in [2.45, 2.75) is 18.8 Å². The summed E-state index contributed by atoms with van der Waals surface area (Å²) in [6.07, 6.45) is 4.02. The predicted octanol–water partition coefficient (Wildman–Crippen LogP) is 6.10. The Bertz CT molecular complexity index is 1030. The molecule has 6 heteroatoms. The third kappa shape index (κ3) is 4.73. The van der Waals surface area contributed by atoms with Gasteiger partial charge in [0.15, 0.2) is 0 Å². The normalized spacial score (nSPS) is 13.1. The van der Waals surface area contributed by atoms with Crippen LogP contribution in [0, 0.1) is 20.2 Å². The van der Waals surface area contributed by atoms with Crippen LogP contribution in [0.1, 0.15) is 35.4 Å². The Morgan fingerprint density at radius 3 is 2.03 bits per heavy atom. The number of hydrogen-bond donors (Lipinski definition) is 0. The maximum atomic E-state index is 11.6. The van der Waals surface area contributed by atoms with Gasteiger partial charge in [-0.1, -0.05) is 79.7 Å². The fourth-order valence-corrected chi connectivity index (χ4v) is 3.40. The zero-order valence-corrected chi connectivity index (χ0v) is 15.8. The molecule has 0 saturated heterocycles. The van der Waals surface area contributed by atoms with E-state index in [0.29, 0.717) is 5.56 Å². The number of benzene rings is 3. The van der Waals surface area contributed by atoms with Crippen molar-refractivity contribution in [3.8, 4) is 0 Å². The third-order valence-electron chi connectivity index (χ3n) is 4.93. The van der Waals surface area contributed by atoms with Gasteiger partial charge in [-0.25, -0.2) is 0 Å². The first-order valence-corrected chi connectivity index (χ1v) is 9.18. The van der Waals surface area contributed by atoms with Crippen molar-refractivity contribution >= 4 is 17.5 Å². The number of non-ortho nitro benzene ring substituents is 1. The van der Waals surface area contributed by atoms with E-state index < -0.39 is 9.85 Å². The first-order valence-electron chi connectivity index (χ1n) is 9.18. The highest BCUT2D eigenvalue weighted by Gasteiger charge is 2.27. The van der Waals surface area contributed by atoms with Crippen molar-refractivity contribution in [1.82, 2.24) is 0 Å². The van der Waals surface area contributed by atoms with Gasteiger partial charge >= 0.3 is 0 Å². The van der Waals surface area contributed by atoms with Crippen molar-refractivity contribution in [3.63, 3.8) is 0 Å². The molecule has 0 saturated carbocycles. The van der Waals surface area contributed by atoms with Crippen LogP contribution in [-0.2, 0) is 0 Å². The molecule has 29 heavy (non-hydrogen) atoms. The summed E-state index contributed by atoms with van der Waals surface area (Å²) in [4.78, 5) is 21.5. The van der Waals surface area contributed by atoms with E-state index in [1.807, 2.05) is 79.7 Å². The average molecular weight is 388 g/mol. The molecule has 0 amide bonds. The van der Waals surface area contributed by atoms with Gasteiger partial charge in [-0.2, -0.15) is 0 Å². The molecular weight excluding hydrogens is 368 g/mol. The second-order valence-corrected chi connectivity index (χ2v) is 6.75. The number of allylic oxidation sites excluding steroid dienone is 1. The van der Waals surface area contributed by atoms with E-state index in [1.165, 1.54) is 12.1 Å². The molecule has 0 spiro atoms. The minimum atomic E-state index is -0.620. The highest BCUT2D eigenvalue weighted by atomic mass is 16.6. The van der Waals surface area contributed by atoms with Crippen LogP contribution in [0.5, 0.6) is 0 Å². The first-order chi connectivity index (χ1) is 14.0. The van der Waals surface area contributed by atoms with Crippen molar-refractivity contribution in [1.29, 1.82) is 0 Å². The van der Waals surface area contributed by atoms with Crippen LogP contribution in [0.25, 0.3) is 6.08 Å². The lowest BCUT2D eigenvalue weighted by Gasteiger charge is -2.22. The van der Waals surface area contributed by atoms with Crippen LogP contribution in [-0.4, -0.2) is 9.85 Å². The zero-order valence-electron chi connectivity index (χ0n) is 15.8. The molecule has 6 nitrogen and oxygen atoms in total. The molecule has 3 aromatic rings. The van der Waals surface area contributed by atoms with Gasteiger partial charge < -0.3 is 0 Å². The van der Waals surface area contributed by atoms with Gasteiger partial charge in [0.1, 0.15) is 0 Å². The molecule has 0 aliphatic heterocycles. The molecule has 0 N–H and O–H groups in total. The van der Waals surface area contributed by atoms with Crippen molar-refractivity contribution in [2.24, 2.45) is 0 Å². The zero-order chi connectivity index (χ0) is 20.8. The lowest BCUT2D eigenvalue weighted by atomic mass is 9.81. The maximum absolute atomic E-state index is 11.6. The Kier molecular flexibility index (Phi) is 6.14. The number of hydrogen-bond acceptors (Lipinski definition) is 4. The van der Waals surface area contributed by atoms with Crippen LogP contribution in [0.4, 0.5) is 11.4 Å². The molecule has 0 heterocycles. The molecule has 0 aliphatic carbocycles. The highest BCUT2D eigenvalue weighted by Crippen LogP contribution is 2.39. The van der Waals surface area contributed by atoms with Gasteiger partial charge in [-0.15, -0.1) is 0 Å². The summed E-state index contributed by atoms with van der Waals surface area (Å²) in [5, 5.41) is 22.6. The molecule has 0 bridgehead atoms. The maximum Gasteiger partial charge on any atom is 0.279 e. The Balaban J connectivity index is 2.05. The van der Waals surface area contributed by atoms with Crippen LogP contribution in [0.3, 0.4) is 0 Å². The van der Waals surface area contributed by atoms with E-state index in [9.17, 15) is 20.2 Å². The molecule has 0 aliphatic rings. The van der Waals surface area contributed by atoms with Gasteiger partial charge in [0.25, 0.3) is 11.4 Å². The summed E-state index contributed by atoms with van der Waals surface area (Å²) >= 11 is 0. The molecule has 0 radical (unpaired) electrons. The smallest absolute Gasteiger partial charge is 0.258 e. The summed E-state index contributed by atoms with van der Waals surface area (Å²) < 4.78 is 0. The fraction of sp³-hybridized carbons (Fsp3) is 0.130. The summed E-state index contributed by atoms with van der Waals surface area (Å²) in [5.41, 5.74) is 1.98. The van der Waals surface area contributed by atoms with Crippen LogP contribution >= 0.6 is 0 Å². The quantitative estimate of drug-likeness (QED) is 0.361. The standard InChI is InChI=1S/C23H20N2O4/c1-17(22-15-13-20(24(26)27)16-23(22)25(28)29)21(19-10-6-3-7-11-19)14-12-18-8-4-2-5-9-18/h2-17,21H,1H3/b14-12+. The molecule has 0 fully saturated rings. The topological polar surface area (TPSA) is 86.3 Å². The van der Waals surface area contributed by atoms with E-state index in [0.717, 1.165) is 17.2 Å². The fourth-order valence-electron chi connectivity index (χ4n) is 3.40. The minimum absolute atomic E-state index is 0.142. The van der Waals surface area contributed by atoms with Gasteiger partial charge in [-0.05, 0) is 23.1 Å². The lowest BCUT2D eigenvalue weighted by molar-refractivity contribution is -0.394. The number of nitrogens with zero attached hydrogens (tertiary/aromatic N) is 2. The number of nitro groups is 2. The largest absolute Gasteiger partial charge is 0.279 e. The molecule has 3 rings (SSSR count). The Hall–Kier alpha value is -3.80. The van der Waals surface area contributed by atoms with Crippen LogP contribution < -0.4 is 0 Å². The highest BCUT2D eigenvalue weighted by molar-refractivity contribution is 5.54. The summed E-state index contributed by atoms with van der Waals surface area (Å²) in [6.45, 7) is 1.90. The molecule has 0 aromatic heterocycles. The average Bonchev–Trinajstić information content (AvgIpc) is 2.74. The molecule has 3 aromatic carbocycles. The summed E-state index contributed by atoms with van der Waals surface area (Å²) in [7, 11) is 0. The van der Waals surface area contributed by atoms with E-state index in [2.05, 4.69) is 0 Å². The number of rotatable bonds is 7. The molecule has 2 unspecified atom stereocenters. The van der Waals surface area contributed by atoms with Crippen molar-refractivity contribution < 1.29 is 9.85 Å². The summed E-state index contributed by atoms with van der Waals surface area (Å²) in [6, 6.07) is 23.4. The lowest BCUT2D eigenvalue weighted by Crippen LogP contribution is -2.09. The summed E-state index contributed by atoms with van der Waals surface area (Å²) in [5.74, 6) is -0.407. The Morgan fingerprint density at radius 1 is 0.828 bits per heavy atom. The predicted molar refractivity (Wildman–Crippen MR) is 113 cm³/mol. The second kappa shape index (κ2) is 8.93. The van der Waals surface area contributed by atoms with Gasteiger partial charge in [0.2, 0.25) is 0 Å². The van der Waals surface area contributed by atoms with Crippen molar-refractivity contribution in [2.75, 3.05) is 0 Å².